The molecular formula is C24H48O9Si3. The van der Waals surface area contributed by atoms with Crippen LogP contribution in [0.3, 0.4) is 0 Å². The Labute approximate surface area is 220 Å². The van der Waals surface area contributed by atoms with Crippen molar-refractivity contribution in [3.05, 3.63) is 0 Å². The molecule has 0 saturated carbocycles. The van der Waals surface area contributed by atoms with Crippen LogP contribution in [-0.4, -0.2) is 69.2 Å². The largest absolute Gasteiger partial charge is 0.469 e. The number of carbonyl (C=O) groups is 4. The quantitative estimate of drug-likeness (QED) is 0.0862. The number of ketones is 1. The first-order valence-electron chi connectivity index (χ1n) is 12.9. The summed E-state index contributed by atoms with van der Waals surface area (Å²) in [6, 6.07) is 1.69. The zero-order valence-corrected chi connectivity index (χ0v) is 26.7. The summed E-state index contributed by atoms with van der Waals surface area (Å²) in [5, 5.41) is 0. The van der Waals surface area contributed by atoms with Gasteiger partial charge in [0.2, 0.25) is 0 Å². The molecule has 0 N–H and O–H groups in total. The summed E-state index contributed by atoms with van der Waals surface area (Å²) in [5.41, 5.74) is 0. The molecular weight excluding hydrogens is 517 g/mol. The Morgan fingerprint density at radius 1 is 0.583 bits per heavy atom. The number of carbonyl (C=O) groups excluding carboxylic acids is 4. The molecule has 0 unspecified atom stereocenters. The molecule has 0 amide bonds. The predicted molar refractivity (Wildman–Crippen MR) is 146 cm³/mol. The number of Topliss-reactive ketones (excluding diaryl/α,β-unsaturated/α-hetero) is 1. The van der Waals surface area contributed by atoms with Gasteiger partial charge in [-0.05, 0) is 77.6 Å². The van der Waals surface area contributed by atoms with Crippen molar-refractivity contribution in [3.63, 3.8) is 0 Å². The molecule has 0 rings (SSSR count). The van der Waals surface area contributed by atoms with Crippen LogP contribution in [0.1, 0.15) is 58.3 Å². The van der Waals surface area contributed by atoms with Gasteiger partial charge >= 0.3 is 26.5 Å². The molecule has 0 aliphatic heterocycles. The molecule has 0 heterocycles. The van der Waals surface area contributed by atoms with Crippen molar-refractivity contribution in [1.82, 2.24) is 0 Å². The summed E-state index contributed by atoms with van der Waals surface area (Å²) >= 11 is 0. The number of hydrogen-bond acceptors (Lipinski definition) is 9. The van der Waals surface area contributed by atoms with E-state index in [4.69, 9.17) is 22.4 Å². The van der Waals surface area contributed by atoms with Gasteiger partial charge in [-0.2, -0.15) is 0 Å². The molecule has 0 aliphatic rings. The second-order valence-electron chi connectivity index (χ2n) is 10.8. The lowest BCUT2D eigenvalue weighted by atomic mass is 10.2. The summed E-state index contributed by atoms with van der Waals surface area (Å²) in [4.78, 5) is 45.8. The second-order valence-corrected chi connectivity index (χ2v) is 23.2. The van der Waals surface area contributed by atoms with Crippen LogP contribution in [0.4, 0.5) is 0 Å². The van der Waals surface area contributed by atoms with E-state index in [2.05, 4.69) is 39.3 Å². The first kappa shape index (κ1) is 34.7. The first-order valence-corrected chi connectivity index (χ1v) is 21.9. The van der Waals surface area contributed by atoms with E-state index in [-0.39, 0.29) is 43.3 Å². The molecule has 0 bridgehead atoms. The smallest absolute Gasteiger partial charge is 0.311 e. The van der Waals surface area contributed by atoms with Crippen LogP contribution in [0.2, 0.25) is 51.4 Å². The highest BCUT2D eigenvalue weighted by Gasteiger charge is 2.39. The molecule has 0 aromatic rings. The Kier molecular flexibility index (Phi) is 16.6. The van der Waals surface area contributed by atoms with E-state index >= 15 is 0 Å². The zero-order valence-electron chi connectivity index (χ0n) is 23.7. The zero-order chi connectivity index (χ0) is 27.8. The summed E-state index contributed by atoms with van der Waals surface area (Å²) in [6.07, 6.45) is 3.71. The van der Waals surface area contributed by atoms with Gasteiger partial charge in [-0.1, -0.05) is 0 Å². The fraction of sp³-hybridized carbons (Fsp3) is 0.833. The van der Waals surface area contributed by atoms with Gasteiger partial charge in [0, 0.05) is 32.1 Å². The summed E-state index contributed by atoms with van der Waals surface area (Å²) in [6.45, 7) is 14.6. The van der Waals surface area contributed by atoms with Crippen LogP contribution in [0.25, 0.3) is 0 Å². The maximum absolute atomic E-state index is 12.0. The number of ether oxygens (including phenoxy) is 3. The van der Waals surface area contributed by atoms with E-state index in [9.17, 15) is 19.2 Å². The Morgan fingerprint density at radius 2 is 1.00 bits per heavy atom. The third-order valence-corrected chi connectivity index (χ3v) is 16.8. The van der Waals surface area contributed by atoms with Crippen molar-refractivity contribution in [3.8, 4) is 0 Å². The number of esters is 3. The number of methoxy groups -OCH3 is 1. The second kappa shape index (κ2) is 17.2. The van der Waals surface area contributed by atoms with Gasteiger partial charge in [-0.15, -0.1) is 0 Å². The molecule has 210 valence electrons. The number of hydrogen-bond donors (Lipinski definition) is 0. The van der Waals surface area contributed by atoms with E-state index in [1.54, 1.807) is 0 Å². The van der Waals surface area contributed by atoms with Crippen molar-refractivity contribution in [2.75, 3.05) is 20.3 Å². The molecule has 36 heavy (non-hydrogen) atoms. The fourth-order valence-corrected chi connectivity index (χ4v) is 18.0. The third kappa shape index (κ3) is 19.8. The third-order valence-electron chi connectivity index (χ3n) is 5.32. The Balaban J connectivity index is 4.17. The lowest BCUT2D eigenvalue weighted by molar-refractivity contribution is -0.146. The minimum atomic E-state index is -2.36. The topological polar surface area (TPSA) is 114 Å². The Hall–Kier alpha value is -1.35. The van der Waals surface area contributed by atoms with Crippen LogP contribution in [0, 0.1) is 0 Å². The van der Waals surface area contributed by atoms with Crippen molar-refractivity contribution in [2.24, 2.45) is 0 Å². The standard InChI is InChI=1S/C24H48O9Si3/c1-21(25)13-9-14-23(27)30-17-12-18-31-24(28)16-11-20-35(5,6)33-36(7,8)32-34(3,4)19-10-15-22(26)29-2/h9-20H2,1-8H3. The van der Waals surface area contributed by atoms with E-state index < -0.39 is 25.2 Å². The summed E-state index contributed by atoms with van der Waals surface area (Å²) in [5.74, 6) is -0.737. The van der Waals surface area contributed by atoms with Gasteiger partial charge in [0.05, 0.1) is 20.3 Å². The van der Waals surface area contributed by atoms with E-state index in [0.717, 1.165) is 18.5 Å². The lowest BCUT2D eigenvalue weighted by Crippen LogP contribution is -2.52. The summed E-state index contributed by atoms with van der Waals surface area (Å²) in [7, 11) is -4.97. The van der Waals surface area contributed by atoms with E-state index in [1.807, 2.05) is 0 Å². The van der Waals surface area contributed by atoms with E-state index in [1.165, 1.54) is 14.0 Å². The van der Waals surface area contributed by atoms with Gasteiger partial charge in [-0.3, -0.25) is 14.4 Å². The van der Waals surface area contributed by atoms with Crippen LogP contribution in [0.5, 0.6) is 0 Å². The first-order chi connectivity index (χ1) is 16.6. The molecule has 0 fully saturated rings. The van der Waals surface area contributed by atoms with Gasteiger partial charge < -0.3 is 27.2 Å². The molecule has 0 spiro atoms. The van der Waals surface area contributed by atoms with Crippen molar-refractivity contribution >= 4 is 48.9 Å². The van der Waals surface area contributed by atoms with Gasteiger partial charge in [-0.25, -0.2) is 0 Å². The van der Waals surface area contributed by atoms with Crippen LogP contribution >= 0.6 is 0 Å². The molecule has 0 aliphatic carbocycles. The molecule has 0 aromatic heterocycles. The minimum absolute atomic E-state index is 0.0566. The Bertz CT molecular complexity index is 709. The molecule has 0 saturated heterocycles. The predicted octanol–water partition coefficient (Wildman–Crippen LogP) is 5.10. The highest BCUT2D eigenvalue weighted by molar-refractivity contribution is 6.87. The van der Waals surface area contributed by atoms with Crippen LogP contribution in [-0.2, 0) is 41.6 Å². The Morgan fingerprint density at radius 3 is 1.42 bits per heavy atom. The molecule has 0 radical (unpaired) electrons. The molecule has 0 atom stereocenters. The average molecular weight is 565 g/mol. The van der Waals surface area contributed by atoms with Crippen molar-refractivity contribution < 1.29 is 41.6 Å². The molecule has 9 nitrogen and oxygen atoms in total. The fourth-order valence-electron chi connectivity index (χ4n) is 3.93. The van der Waals surface area contributed by atoms with Crippen LogP contribution < -0.4 is 0 Å². The van der Waals surface area contributed by atoms with Crippen LogP contribution in [0.15, 0.2) is 0 Å². The van der Waals surface area contributed by atoms with Gasteiger partial charge in [0.25, 0.3) is 0 Å². The van der Waals surface area contributed by atoms with Gasteiger partial charge in [0.1, 0.15) is 5.78 Å². The SMILES string of the molecule is COC(=O)CCC[Si](C)(C)O[Si](C)(C)O[Si](C)(C)CCCC(=O)OCCCOC(=O)CCCC(C)=O. The normalized spacial score (nSPS) is 12.2. The van der Waals surface area contributed by atoms with E-state index in [0.29, 0.717) is 38.5 Å². The van der Waals surface area contributed by atoms with Crippen molar-refractivity contribution in [2.45, 2.75) is 110 Å². The lowest BCUT2D eigenvalue weighted by Gasteiger charge is -2.38. The number of rotatable bonds is 20. The monoisotopic (exact) mass is 564 g/mol. The highest BCUT2D eigenvalue weighted by atomic mass is 28.5. The average Bonchev–Trinajstić information content (AvgIpc) is 2.70. The molecule has 12 heteroatoms. The maximum atomic E-state index is 12.0. The molecule has 0 aromatic carbocycles. The van der Waals surface area contributed by atoms with Gasteiger partial charge in [0.15, 0.2) is 16.6 Å². The summed E-state index contributed by atoms with van der Waals surface area (Å²) < 4.78 is 28.1. The highest BCUT2D eigenvalue weighted by Crippen LogP contribution is 2.26. The maximum Gasteiger partial charge on any atom is 0.311 e. The minimum Gasteiger partial charge on any atom is -0.469 e. The van der Waals surface area contributed by atoms with Crippen molar-refractivity contribution in [1.29, 1.82) is 0 Å².